The highest BCUT2D eigenvalue weighted by molar-refractivity contribution is 5.86. The number of nitrogens with zero attached hydrogens (tertiary/aromatic N) is 4. The van der Waals surface area contributed by atoms with Crippen molar-refractivity contribution >= 4 is 28.9 Å². The highest BCUT2D eigenvalue weighted by Gasteiger charge is 2.25. The molecule has 0 atom stereocenters. The fourth-order valence-corrected chi connectivity index (χ4v) is 3.02. The summed E-state index contributed by atoms with van der Waals surface area (Å²) in [6, 6.07) is 15.1. The Hall–Kier alpha value is -3.42. The molecule has 1 aliphatic rings. The minimum Gasteiger partial charge on any atom is -0.445 e. The van der Waals surface area contributed by atoms with Gasteiger partial charge in [0.25, 0.3) is 6.01 Å². The third kappa shape index (κ3) is 3.59. The largest absolute Gasteiger partial charge is 0.445 e. The first-order valence-electron chi connectivity index (χ1n) is 8.68. The smallest absolute Gasteiger partial charge is 0.410 e. The van der Waals surface area contributed by atoms with Crippen molar-refractivity contribution in [2.24, 2.45) is 5.18 Å². The Kier molecular flexibility index (Phi) is 4.69. The molecule has 0 unspecified atom stereocenters. The van der Waals surface area contributed by atoms with Gasteiger partial charge < -0.3 is 19.0 Å². The van der Waals surface area contributed by atoms with Crippen LogP contribution in [0.25, 0.3) is 11.1 Å². The number of amides is 1. The predicted octanol–water partition coefficient (Wildman–Crippen LogP) is 3.68. The number of benzene rings is 2. The third-order valence-corrected chi connectivity index (χ3v) is 4.50. The molecular weight excluding hydrogens is 348 g/mol. The van der Waals surface area contributed by atoms with Gasteiger partial charge in [0.15, 0.2) is 5.58 Å². The molecule has 1 saturated heterocycles. The van der Waals surface area contributed by atoms with Crippen LogP contribution in [0.2, 0.25) is 0 Å². The summed E-state index contributed by atoms with van der Waals surface area (Å²) in [5.41, 5.74) is 2.18. The number of oxazole rings is 1. The molecule has 8 heteroatoms. The van der Waals surface area contributed by atoms with Gasteiger partial charge >= 0.3 is 6.09 Å². The van der Waals surface area contributed by atoms with Crippen LogP contribution in [0, 0.1) is 4.91 Å². The number of carbonyl (C=O) groups excluding carboxylic acids is 1. The van der Waals surface area contributed by atoms with Gasteiger partial charge in [-0.05, 0) is 22.9 Å². The van der Waals surface area contributed by atoms with Crippen LogP contribution in [0.3, 0.4) is 0 Å². The van der Waals surface area contributed by atoms with Gasteiger partial charge in [0.2, 0.25) is 0 Å². The summed E-state index contributed by atoms with van der Waals surface area (Å²) in [5, 5.41) is 2.98. The van der Waals surface area contributed by atoms with E-state index in [0.717, 1.165) is 5.56 Å². The summed E-state index contributed by atoms with van der Waals surface area (Å²) >= 11 is 0. The summed E-state index contributed by atoms with van der Waals surface area (Å²) in [7, 11) is 0. The Balaban J connectivity index is 1.36. The zero-order valence-electron chi connectivity index (χ0n) is 14.6. The normalized spacial score (nSPS) is 14.4. The number of ether oxygens (including phenoxy) is 1. The van der Waals surface area contributed by atoms with Gasteiger partial charge in [0.1, 0.15) is 17.8 Å². The maximum absolute atomic E-state index is 12.2. The van der Waals surface area contributed by atoms with E-state index in [-0.39, 0.29) is 18.4 Å². The number of rotatable bonds is 4. The molecule has 1 aromatic heterocycles. The Bertz CT molecular complexity index is 949. The van der Waals surface area contributed by atoms with Gasteiger partial charge in [-0.15, -0.1) is 4.91 Å². The molecule has 1 amide bonds. The van der Waals surface area contributed by atoms with E-state index < -0.39 is 0 Å². The summed E-state index contributed by atoms with van der Waals surface area (Å²) in [6.45, 7) is 2.40. The van der Waals surface area contributed by atoms with Crippen LogP contribution in [-0.4, -0.2) is 42.2 Å². The summed E-state index contributed by atoms with van der Waals surface area (Å²) in [6.07, 6.45) is -0.330. The lowest BCUT2D eigenvalue weighted by molar-refractivity contribution is 0.0938. The lowest BCUT2D eigenvalue weighted by Gasteiger charge is -2.33. The lowest BCUT2D eigenvalue weighted by atomic mass is 10.2. The molecule has 1 aliphatic heterocycles. The second-order valence-electron chi connectivity index (χ2n) is 6.23. The zero-order valence-corrected chi connectivity index (χ0v) is 14.6. The molecule has 1 fully saturated rings. The quantitative estimate of drug-likeness (QED) is 0.655. The number of carbonyl (C=O) groups is 1. The molecule has 0 radical (unpaired) electrons. The maximum Gasteiger partial charge on any atom is 0.410 e. The van der Waals surface area contributed by atoms with E-state index in [2.05, 4.69) is 10.2 Å². The van der Waals surface area contributed by atoms with Gasteiger partial charge in [0.05, 0.1) is 0 Å². The van der Waals surface area contributed by atoms with Gasteiger partial charge in [0, 0.05) is 26.2 Å². The van der Waals surface area contributed by atoms with Crippen molar-refractivity contribution in [3.05, 3.63) is 59.0 Å². The molecule has 0 aliphatic carbocycles. The number of aromatic nitrogens is 1. The Morgan fingerprint density at radius 3 is 2.59 bits per heavy atom. The second kappa shape index (κ2) is 7.45. The predicted molar refractivity (Wildman–Crippen MR) is 99.9 cm³/mol. The number of fused-ring (bicyclic) bond motifs is 1. The van der Waals surface area contributed by atoms with E-state index in [9.17, 15) is 9.70 Å². The molecule has 0 N–H and O–H groups in total. The molecular formula is C19H18N4O4. The Morgan fingerprint density at radius 2 is 1.85 bits per heavy atom. The molecule has 0 bridgehead atoms. The molecule has 4 rings (SSSR count). The Labute approximate surface area is 155 Å². The van der Waals surface area contributed by atoms with Crippen molar-refractivity contribution < 1.29 is 13.9 Å². The first-order valence-corrected chi connectivity index (χ1v) is 8.68. The minimum atomic E-state index is -0.330. The van der Waals surface area contributed by atoms with Crippen molar-refractivity contribution in [3.8, 4) is 0 Å². The van der Waals surface area contributed by atoms with Gasteiger partial charge in [-0.2, -0.15) is 4.98 Å². The SMILES string of the molecule is O=Nc1cccc2oc(N3CCN(C(=O)OCc4ccccc4)CC3)nc12. The molecule has 2 aromatic carbocycles. The van der Waals surface area contributed by atoms with Crippen LogP contribution < -0.4 is 4.90 Å². The fourth-order valence-electron chi connectivity index (χ4n) is 3.02. The van der Waals surface area contributed by atoms with Gasteiger partial charge in [-0.3, -0.25) is 0 Å². The summed E-state index contributed by atoms with van der Waals surface area (Å²) < 4.78 is 11.1. The van der Waals surface area contributed by atoms with Crippen molar-refractivity contribution in [1.82, 2.24) is 9.88 Å². The lowest BCUT2D eigenvalue weighted by Crippen LogP contribution is -2.49. The van der Waals surface area contributed by atoms with Crippen molar-refractivity contribution in [1.29, 1.82) is 0 Å². The minimum absolute atomic E-state index is 0.255. The second-order valence-corrected chi connectivity index (χ2v) is 6.23. The van der Waals surface area contributed by atoms with Crippen LogP contribution in [0.4, 0.5) is 16.5 Å². The van der Waals surface area contributed by atoms with E-state index in [4.69, 9.17) is 9.15 Å². The van der Waals surface area contributed by atoms with Gasteiger partial charge in [-0.1, -0.05) is 36.4 Å². The van der Waals surface area contributed by atoms with E-state index >= 15 is 0 Å². The highest BCUT2D eigenvalue weighted by atomic mass is 16.6. The first kappa shape index (κ1) is 17.0. The number of nitroso groups, excluding NO2 is 1. The monoisotopic (exact) mass is 366 g/mol. The molecule has 0 saturated carbocycles. The van der Waals surface area contributed by atoms with Crippen LogP contribution >= 0.6 is 0 Å². The Morgan fingerprint density at radius 1 is 1.07 bits per heavy atom. The molecule has 2 heterocycles. The van der Waals surface area contributed by atoms with Crippen LogP contribution in [0.5, 0.6) is 0 Å². The fraction of sp³-hybridized carbons (Fsp3) is 0.263. The first-order chi connectivity index (χ1) is 13.2. The maximum atomic E-state index is 12.2. The molecule has 138 valence electrons. The van der Waals surface area contributed by atoms with E-state index in [1.165, 1.54) is 0 Å². The summed E-state index contributed by atoms with van der Waals surface area (Å²) in [4.78, 5) is 31.1. The van der Waals surface area contributed by atoms with Crippen molar-refractivity contribution in [2.75, 3.05) is 31.1 Å². The van der Waals surface area contributed by atoms with Gasteiger partial charge in [-0.25, -0.2) is 4.79 Å². The summed E-state index contributed by atoms with van der Waals surface area (Å²) in [5.74, 6) is 0. The van der Waals surface area contributed by atoms with Crippen molar-refractivity contribution in [2.45, 2.75) is 6.61 Å². The third-order valence-electron chi connectivity index (χ3n) is 4.50. The molecule has 27 heavy (non-hydrogen) atoms. The van der Waals surface area contributed by atoms with E-state index in [0.29, 0.717) is 43.3 Å². The van der Waals surface area contributed by atoms with Crippen LogP contribution in [-0.2, 0) is 11.3 Å². The average molecular weight is 366 g/mol. The number of anilines is 1. The van der Waals surface area contributed by atoms with E-state index in [1.54, 1.807) is 23.1 Å². The molecule has 3 aromatic rings. The van der Waals surface area contributed by atoms with Crippen LogP contribution in [0.1, 0.15) is 5.56 Å². The number of hydrogen-bond donors (Lipinski definition) is 0. The molecule has 8 nitrogen and oxygen atoms in total. The van der Waals surface area contributed by atoms with Crippen molar-refractivity contribution in [3.63, 3.8) is 0 Å². The van der Waals surface area contributed by atoms with E-state index in [1.807, 2.05) is 35.2 Å². The topological polar surface area (TPSA) is 88.2 Å². The number of hydrogen-bond acceptors (Lipinski definition) is 7. The molecule has 0 spiro atoms. The number of piperazine rings is 1. The average Bonchev–Trinajstić information content (AvgIpc) is 3.17. The van der Waals surface area contributed by atoms with Crippen LogP contribution in [0.15, 0.2) is 58.1 Å². The zero-order chi connectivity index (χ0) is 18.6. The standard InChI is InChI=1S/C19H18N4O4/c24-19(26-13-14-5-2-1-3-6-14)23-11-9-22(10-12-23)18-20-17-15(21-25)7-4-8-16(17)27-18/h1-8H,9-13H2. The highest BCUT2D eigenvalue weighted by Crippen LogP contribution is 2.29. The number of para-hydroxylation sites is 1.